The van der Waals surface area contributed by atoms with Crippen molar-refractivity contribution in [3.05, 3.63) is 0 Å². The molecule has 0 bridgehead atoms. The molecule has 2 heteroatoms. The molecule has 3 unspecified atom stereocenters. The summed E-state index contributed by atoms with van der Waals surface area (Å²) in [4.78, 5) is 0. The molecule has 0 radical (unpaired) electrons. The Labute approximate surface area is 136 Å². The number of unbranched alkanes of at least 4 members (excludes halogenated alkanes) is 2. The van der Waals surface area contributed by atoms with E-state index < -0.39 is 0 Å². The lowest BCUT2D eigenvalue weighted by Crippen LogP contribution is -2.46. The molecule has 0 heterocycles. The Kier molecular flexibility index (Phi) is 5.94. The maximum absolute atomic E-state index is 2.67. The molecular weight excluding hydrogens is 250 g/mol. The minimum atomic E-state index is 0.635. The van der Waals surface area contributed by atoms with Gasteiger partial charge in [0.15, 0.2) is 0 Å². The molecule has 0 aromatic carbocycles. The van der Waals surface area contributed by atoms with Crippen LogP contribution in [0.4, 0.5) is 0 Å². The van der Waals surface area contributed by atoms with Gasteiger partial charge in [-0.1, -0.05) is 89.7 Å². The molecule has 0 spiro atoms. The van der Waals surface area contributed by atoms with E-state index in [1.54, 1.807) is 0 Å². The Bertz CT molecular complexity index is 330. The number of fused-ring (bicyclic) bond motifs is 1. The zero-order valence-electron chi connectivity index (χ0n) is 15.5. The highest BCUT2D eigenvalue weighted by molar-refractivity contribution is 6.16. The summed E-state index contributed by atoms with van der Waals surface area (Å²) >= 11 is 0. The van der Waals surface area contributed by atoms with Crippen LogP contribution in [0.25, 0.3) is 0 Å². The molecular formula is C19H38B2. The van der Waals surface area contributed by atoms with Gasteiger partial charge in [-0.15, -0.1) is 0 Å². The molecule has 0 aromatic rings. The molecule has 0 amide bonds. The van der Waals surface area contributed by atoms with Crippen molar-refractivity contribution in [3.8, 4) is 0 Å². The fourth-order valence-electron chi connectivity index (χ4n) is 5.79. The Morgan fingerprint density at radius 2 is 1.76 bits per heavy atom. The van der Waals surface area contributed by atoms with Gasteiger partial charge >= 0.3 is 0 Å². The van der Waals surface area contributed by atoms with E-state index in [1.807, 2.05) is 0 Å². The normalized spacial score (nSPS) is 42.0. The summed E-state index contributed by atoms with van der Waals surface area (Å²) < 4.78 is 0. The van der Waals surface area contributed by atoms with E-state index in [-0.39, 0.29) is 0 Å². The minimum Gasteiger partial charge on any atom is -0.0697 e. The number of hydrogen-bond acceptors (Lipinski definition) is 0. The van der Waals surface area contributed by atoms with Crippen LogP contribution in [-0.2, 0) is 0 Å². The molecule has 0 saturated heterocycles. The molecule has 2 rings (SSSR count). The fraction of sp³-hybridized carbons (Fsp3) is 1.00. The lowest BCUT2D eigenvalue weighted by atomic mass is 9.40. The summed E-state index contributed by atoms with van der Waals surface area (Å²) in [5.74, 6) is 2.85. The van der Waals surface area contributed by atoms with Crippen molar-refractivity contribution in [2.75, 3.05) is 0 Å². The van der Waals surface area contributed by atoms with Gasteiger partial charge in [-0.2, -0.15) is 0 Å². The van der Waals surface area contributed by atoms with Gasteiger partial charge in [0.05, 0.1) is 0 Å². The Morgan fingerprint density at radius 3 is 2.48 bits per heavy atom. The van der Waals surface area contributed by atoms with Gasteiger partial charge in [0, 0.05) is 0 Å². The third kappa shape index (κ3) is 3.56. The third-order valence-electron chi connectivity index (χ3n) is 7.56. The molecule has 2 aliphatic rings. The molecule has 0 aromatic heterocycles. The number of hydrogen-bond donors (Lipinski definition) is 0. The summed E-state index contributed by atoms with van der Waals surface area (Å²) in [5.41, 5.74) is 0.656. The van der Waals surface area contributed by atoms with Crippen LogP contribution in [0, 0.1) is 17.3 Å². The molecule has 120 valence electrons. The Balaban J connectivity index is 2.21. The molecule has 0 nitrogen and oxygen atoms in total. The van der Waals surface area contributed by atoms with Gasteiger partial charge in [-0.05, 0) is 30.1 Å². The maximum atomic E-state index is 2.67. The van der Waals surface area contributed by atoms with Crippen LogP contribution in [0.5, 0.6) is 0 Å². The van der Waals surface area contributed by atoms with Crippen molar-refractivity contribution >= 4 is 15.7 Å². The minimum absolute atomic E-state index is 0.635. The van der Waals surface area contributed by atoms with E-state index in [0.29, 0.717) is 10.7 Å². The average Bonchev–Trinajstić information content (AvgIpc) is 2.58. The monoisotopic (exact) mass is 288 g/mol. The first-order valence-electron chi connectivity index (χ1n) is 9.93. The predicted molar refractivity (Wildman–Crippen MR) is 101 cm³/mol. The van der Waals surface area contributed by atoms with Crippen LogP contribution in [-0.4, -0.2) is 15.7 Å². The topological polar surface area (TPSA) is 0 Å². The standard InChI is InChI=1S/C19H38B2/c1-4-5-6-7-16(3)18-11-9-17(20)10-13-19(18,21)12-8-15(2)14-18/h15-17H,4-14,20-21H2,1-3H3/t15?,16?,17?,18-,19+/m0/s1. The van der Waals surface area contributed by atoms with Crippen LogP contribution < -0.4 is 0 Å². The van der Waals surface area contributed by atoms with Crippen molar-refractivity contribution in [1.29, 1.82) is 0 Å². The summed E-state index contributed by atoms with van der Waals surface area (Å²) in [5, 5.41) is 0.635. The Hall–Kier alpha value is 0.130. The van der Waals surface area contributed by atoms with Crippen molar-refractivity contribution in [1.82, 2.24) is 0 Å². The summed E-state index contributed by atoms with van der Waals surface area (Å²) in [6.07, 6.45) is 16.2. The predicted octanol–water partition coefficient (Wildman–Crippen LogP) is 4.80. The van der Waals surface area contributed by atoms with Crippen LogP contribution in [0.2, 0.25) is 11.1 Å². The molecule has 0 N–H and O–H groups in total. The van der Waals surface area contributed by atoms with Gasteiger partial charge in [0.1, 0.15) is 15.7 Å². The summed E-state index contributed by atoms with van der Waals surface area (Å²) in [6.45, 7) is 7.47. The first-order chi connectivity index (χ1) is 9.93. The SMILES string of the molecule is BC1CC[C@]2(B)CCC(C)C[C@]2(C(C)CCCCC)CC1. The number of rotatable bonds is 5. The lowest BCUT2D eigenvalue weighted by molar-refractivity contribution is 0.00972. The van der Waals surface area contributed by atoms with Crippen LogP contribution in [0.3, 0.4) is 0 Å². The largest absolute Gasteiger partial charge is 0.110 e. The van der Waals surface area contributed by atoms with E-state index in [0.717, 1.165) is 17.7 Å². The molecule has 2 saturated carbocycles. The zero-order chi connectivity index (χ0) is 15.5. The molecule has 21 heavy (non-hydrogen) atoms. The van der Waals surface area contributed by atoms with E-state index in [1.165, 1.54) is 70.6 Å². The smallest absolute Gasteiger partial charge is 0.0697 e. The quantitative estimate of drug-likeness (QED) is 0.503. The first kappa shape index (κ1) is 17.5. The van der Waals surface area contributed by atoms with Crippen molar-refractivity contribution < 1.29 is 0 Å². The van der Waals surface area contributed by atoms with Crippen LogP contribution in [0.15, 0.2) is 0 Å². The molecule has 0 aliphatic heterocycles. The highest BCUT2D eigenvalue weighted by Gasteiger charge is 2.53. The van der Waals surface area contributed by atoms with Crippen molar-refractivity contribution in [3.63, 3.8) is 0 Å². The third-order valence-corrected chi connectivity index (χ3v) is 7.56. The van der Waals surface area contributed by atoms with Crippen LogP contribution in [0.1, 0.15) is 91.4 Å². The second kappa shape index (κ2) is 7.14. The average molecular weight is 288 g/mol. The van der Waals surface area contributed by atoms with Gasteiger partial charge in [0.25, 0.3) is 0 Å². The lowest BCUT2D eigenvalue weighted by Gasteiger charge is -2.57. The van der Waals surface area contributed by atoms with E-state index in [9.17, 15) is 0 Å². The van der Waals surface area contributed by atoms with E-state index in [4.69, 9.17) is 0 Å². The zero-order valence-corrected chi connectivity index (χ0v) is 15.5. The first-order valence-corrected chi connectivity index (χ1v) is 9.93. The summed E-state index contributed by atoms with van der Waals surface area (Å²) in [6, 6.07) is 0. The highest BCUT2D eigenvalue weighted by Crippen LogP contribution is 2.66. The van der Waals surface area contributed by atoms with E-state index >= 15 is 0 Å². The van der Waals surface area contributed by atoms with E-state index in [2.05, 4.69) is 36.5 Å². The molecule has 2 aliphatic carbocycles. The van der Waals surface area contributed by atoms with Crippen molar-refractivity contribution in [2.24, 2.45) is 17.3 Å². The second-order valence-corrected chi connectivity index (χ2v) is 9.14. The van der Waals surface area contributed by atoms with Crippen LogP contribution >= 0.6 is 0 Å². The highest BCUT2D eigenvalue weighted by atomic mass is 14.6. The molecule has 5 atom stereocenters. The maximum Gasteiger partial charge on any atom is 0.110 e. The van der Waals surface area contributed by atoms with Crippen molar-refractivity contribution in [2.45, 2.75) is 103 Å². The van der Waals surface area contributed by atoms with Gasteiger partial charge in [-0.25, -0.2) is 0 Å². The van der Waals surface area contributed by atoms with Gasteiger partial charge < -0.3 is 0 Å². The van der Waals surface area contributed by atoms with Gasteiger partial charge in [-0.3, -0.25) is 0 Å². The fourth-order valence-corrected chi connectivity index (χ4v) is 5.79. The summed E-state index contributed by atoms with van der Waals surface area (Å²) in [7, 11) is 5.17. The molecule has 2 fully saturated rings. The Morgan fingerprint density at radius 1 is 1.10 bits per heavy atom. The van der Waals surface area contributed by atoms with Gasteiger partial charge in [0.2, 0.25) is 0 Å². The second-order valence-electron chi connectivity index (χ2n) is 9.14.